The van der Waals surface area contributed by atoms with E-state index in [1.54, 1.807) is 0 Å². The summed E-state index contributed by atoms with van der Waals surface area (Å²) in [6, 6.07) is 3.62. The Labute approximate surface area is 129 Å². The number of phenols is 1. The first-order valence-electron chi connectivity index (χ1n) is 6.40. The highest BCUT2D eigenvalue weighted by Crippen LogP contribution is 2.21. The quantitative estimate of drug-likeness (QED) is 0.411. The summed E-state index contributed by atoms with van der Waals surface area (Å²) in [6.07, 6.45) is 2.57. The summed E-state index contributed by atoms with van der Waals surface area (Å²) in [5, 5.41) is 31.4. The fourth-order valence-corrected chi connectivity index (χ4v) is 1.88. The molecule has 2 rings (SSSR count). The summed E-state index contributed by atoms with van der Waals surface area (Å²) in [5.74, 6) is -2.57. The maximum Gasteiger partial charge on any atom is 0.434 e. The summed E-state index contributed by atoms with van der Waals surface area (Å²) in [4.78, 5) is 36.3. The minimum Gasteiger partial charge on any atom is -0.507 e. The number of carboxylic acids is 1. The molecule has 2 aromatic rings. The fourth-order valence-electron chi connectivity index (χ4n) is 1.88. The van der Waals surface area contributed by atoms with E-state index in [0.29, 0.717) is 0 Å². The van der Waals surface area contributed by atoms with Gasteiger partial charge in [-0.05, 0) is 23.1 Å². The van der Waals surface area contributed by atoms with E-state index in [9.17, 15) is 24.8 Å². The van der Waals surface area contributed by atoms with E-state index in [1.807, 2.05) is 0 Å². The molecule has 0 saturated heterocycles. The zero-order valence-electron chi connectivity index (χ0n) is 11.7. The van der Waals surface area contributed by atoms with Gasteiger partial charge in [-0.15, -0.1) is 0 Å². The summed E-state index contributed by atoms with van der Waals surface area (Å²) in [7, 11) is 0. The van der Waals surface area contributed by atoms with Crippen molar-refractivity contribution in [3.8, 4) is 5.75 Å². The van der Waals surface area contributed by atoms with Crippen molar-refractivity contribution in [3.05, 3.63) is 46.3 Å². The number of imidazole rings is 1. The number of anilines is 1. The number of nitro groups is 1. The predicted octanol–water partition coefficient (Wildman–Crippen LogP) is 1.22. The molecule has 1 heterocycles. The van der Waals surface area contributed by atoms with Crippen LogP contribution in [0.2, 0.25) is 0 Å². The van der Waals surface area contributed by atoms with Gasteiger partial charge in [-0.1, -0.05) is 4.98 Å². The maximum absolute atomic E-state index is 11.8. The van der Waals surface area contributed by atoms with Crippen molar-refractivity contribution in [1.82, 2.24) is 9.55 Å². The molecule has 3 N–H and O–H groups in total. The number of carbonyl (C=O) groups excluding carboxylic acids is 1. The van der Waals surface area contributed by atoms with Gasteiger partial charge in [-0.2, -0.15) is 0 Å². The lowest BCUT2D eigenvalue weighted by molar-refractivity contribution is -0.396. The highest BCUT2D eigenvalue weighted by molar-refractivity contribution is 5.95. The standard InChI is InChI=1S/C13H12N4O6/c18-10-2-1-8(7-9(10)12(20)21)15-11(19)3-5-16-6-4-14-13(16)17(22)23/h1-2,4,6-7,18H,3,5H2,(H,15,19)(H,20,21). The topological polar surface area (TPSA) is 148 Å². The van der Waals surface area contributed by atoms with E-state index in [-0.39, 0.29) is 30.2 Å². The third kappa shape index (κ3) is 3.81. The molecule has 0 unspecified atom stereocenters. The molecule has 0 aliphatic rings. The molecule has 1 aromatic heterocycles. The molecule has 0 saturated carbocycles. The smallest absolute Gasteiger partial charge is 0.434 e. The molecule has 10 heteroatoms. The molecule has 0 spiro atoms. The Hall–Kier alpha value is -3.43. The molecule has 0 fully saturated rings. The van der Waals surface area contributed by atoms with Crippen molar-refractivity contribution in [2.75, 3.05) is 5.32 Å². The van der Waals surface area contributed by atoms with Crippen LogP contribution in [-0.2, 0) is 11.3 Å². The van der Waals surface area contributed by atoms with Crippen molar-refractivity contribution in [3.63, 3.8) is 0 Å². The number of rotatable bonds is 6. The van der Waals surface area contributed by atoms with Crippen molar-refractivity contribution in [2.45, 2.75) is 13.0 Å². The summed E-state index contributed by atoms with van der Waals surface area (Å²) in [5.41, 5.74) is -0.140. The normalized spacial score (nSPS) is 10.3. The molecule has 0 aliphatic heterocycles. The number of aryl methyl sites for hydroxylation is 1. The van der Waals surface area contributed by atoms with Gasteiger partial charge in [0.15, 0.2) is 0 Å². The SMILES string of the molecule is O=C(CCn1ccnc1[N+](=O)[O-])Nc1ccc(O)c(C(=O)O)c1. The molecular weight excluding hydrogens is 308 g/mol. The Kier molecular flexibility index (Phi) is 4.55. The molecule has 0 radical (unpaired) electrons. The van der Waals surface area contributed by atoms with E-state index < -0.39 is 22.5 Å². The van der Waals surface area contributed by atoms with Crippen LogP contribution in [0.25, 0.3) is 0 Å². The van der Waals surface area contributed by atoms with Crippen LogP contribution in [0.1, 0.15) is 16.8 Å². The van der Waals surface area contributed by atoms with E-state index >= 15 is 0 Å². The van der Waals surface area contributed by atoms with Gasteiger partial charge in [0.1, 0.15) is 23.7 Å². The minimum absolute atomic E-state index is 0.0476. The van der Waals surface area contributed by atoms with Gasteiger partial charge in [0.25, 0.3) is 0 Å². The Bertz CT molecular complexity index is 770. The van der Waals surface area contributed by atoms with Gasteiger partial charge in [0.05, 0.1) is 13.0 Å². The Balaban J connectivity index is 2.00. The largest absolute Gasteiger partial charge is 0.507 e. The summed E-state index contributed by atoms with van der Waals surface area (Å²) >= 11 is 0. The number of benzene rings is 1. The van der Waals surface area contributed by atoms with E-state index in [2.05, 4.69) is 10.3 Å². The van der Waals surface area contributed by atoms with E-state index in [4.69, 9.17) is 5.11 Å². The number of amides is 1. The Morgan fingerprint density at radius 2 is 2.13 bits per heavy atom. The number of nitrogens with zero attached hydrogens (tertiary/aromatic N) is 3. The lowest BCUT2D eigenvalue weighted by atomic mass is 10.1. The number of carboxylic acid groups (broad SMARTS) is 1. The molecule has 1 amide bonds. The Morgan fingerprint density at radius 1 is 1.39 bits per heavy atom. The lowest BCUT2D eigenvalue weighted by Crippen LogP contribution is -2.15. The molecule has 1 aromatic carbocycles. The molecular formula is C13H12N4O6. The van der Waals surface area contributed by atoms with Crippen LogP contribution in [-0.4, -0.2) is 36.6 Å². The Morgan fingerprint density at radius 3 is 2.78 bits per heavy atom. The van der Waals surface area contributed by atoms with Gasteiger partial charge in [-0.3, -0.25) is 4.79 Å². The van der Waals surface area contributed by atoms with Crippen molar-refractivity contribution >= 4 is 23.5 Å². The molecule has 23 heavy (non-hydrogen) atoms. The van der Waals surface area contributed by atoms with Gasteiger partial charge < -0.3 is 25.6 Å². The first-order valence-corrected chi connectivity index (χ1v) is 6.40. The van der Waals surface area contributed by atoms with Crippen LogP contribution >= 0.6 is 0 Å². The van der Waals surface area contributed by atoms with Crippen molar-refractivity contribution in [1.29, 1.82) is 0 Å². The van der Waals surface area contributed by atoms with Crippen molar-refractivity contribution < 1.29 is 24.7 Å². The second kappa shape index (κ2) is 6.56. The number of nitrogens with one attached hydrogen (secondary N) is 1. The monoisotopic (exact) mass is 320 g/mol. The molecule has 0 atom stereocenters. The molecule has 10 nitrogen and oxygen atoms in total. The van der Waals surface area contributed by atoms with E-state index in [0.717, 1.165) is 12.1 Å². The first-order chi connectivity index (χ1) is 10.9. The third-order valence-corrected chi connectivity index (χ3v) is 2.95. The minimum atomic E-state index is -1.33. The predicted molar refractivity (Wildman–Crippen MR) is 77.2 cm³/mol. The molecule has 120 valence electrons. The number of aromatic nitrogens is 2. The van der Waals surface area contributed by atoms with E-state index in [1.165, 1.54) is 23.0 Å². The van der Waals surface area contributed by atoms with Crippen LogP contribution in [0.15, 0.2) is 30.6 Å². The van der Waals surface area contributed by atoms with Gasteiger partial charge in [-0.25, -0.2) is 9.36 Å². The number of carbonyl (C=O) groups is 2. The second-order valence-corrected chi connectivity index (χ2v) is 4.51. The van der Waals surface area contributed by atoms with Crippen molar-refractivity contribution in [2.24, 2.45) is 0 Å². The fraction of sp³-hybridized carbons (Fsp3) is 0.154. The zero-order valence-corrected chi connectivity index (χ0v) is 11.7. The highest BCUT2D eigenvalue weighted by Gasteiger charge is 2.16. The first kappa shape index (κ1) is 15.9. The third-order valence-electron chi connectivity index (χ3n) is 2.95. The molecule has 0 bridgehead atoms. The zero-order chi connectivity index (χ0) is 17.0. The van der Waals surface area contributed by atoms with Crippen LogP contribution in [0.4, 0.5) is 11.6 Å². The number of hydrogen-bond acceptors (Lipinski definition) is 6. The van der Waals surface area contributed by atoms with Crippen LogP contribution in [0.3, 0.4) is 0 Å². The van der Waals surface area contributed by atoms with Crippen LogP contribution in [0.5, 0.6) is 5.75 Å². The number of aromatic hydroxyl groups is 1. The number of hydrogen-bond donors (Lipinski definition) is 3. The van der Waals surface area contributed by atoms with Gasteiger partial charge in [0.2, 0.25) is 5.91 Å². The summed E-state index contributed by atoms with van der Waals surface area (Å²) < 4.78 is 1.22. The van der Waals surface area contributed by atoms with Gasteiger partial charge in [0, 0.05) is 5.69 Å². The number of aromatic carboxylic acids is 1. The summed E-state index contributed by atoms with van der Waals surface area (Å²) in [6.45, 7) is 0.0476. The van der Waals surface area contributed by atoms with Gasteiger partial charge >= 0.3 is 11.9 Å². The van der Waals surface area contributed by atoms with Crippen LogP contribution in [0, 0.1) is 10.1 Å². The average Bonchev–Trinajstić information content (AvgIpc) is 2.95. The lowest BCUT2D eigenvalue weighted by Gasteiger charge is -2.07. The maximum atomic E-state index is 11.8. The average molecular weight is 320 g/mol. The molecule has 0 aliphatic carbocycles. The second-order valence-electron chi connectivity index (χ2n) is 4.51. The van der Waals surface area contributed by atoms with Crippen LogP contribution < -0.4 is 5.32 Å². The highest BCUT2D eigenvalue weighted by atomic mass is 16.6.